The van der Waals surface area contributed by atoms with Crippen molar-refractivity contribution in [3.8, 4) is 11.4 Å². The van der Waals surface area contributed by atoms with Crippen LogP contribution in [0, 0.1) is 0 Å². The maximum absolute atomic E-state index is 12.4. The Morgan fingerprint density at radius 1 is 1.13 bits per heavy atom. The lowest BCUT2D eigenvalue weighted by atomic mass is 10.1. The van der Waals surface area contributed by atoms with Gasteiger partial charge in [-0.05, 0) is 29.7 Å². The fraction of sp³-hybridized carbons (Fsp3) is 0.118. The van der Waals surface area contributed by atoms with Crippen molar-refractivity contribution in [2.45, 2.75) is 6.54 Å². The zero-order valence-corrected chi connectivity index (χ0v) is 12.4. The summed E-state index contributed by atoms with van der Waals surface area (Å²) in [5.41, 5.74) is 0.388. The van der Waals surface area contributed by atoms with E-state index in [2.05, 4.69) is 4.98 Å². The first-order valence-corrected chi connectivity index (χ1v) is 7.17. The van der Waals surface area contributed by atoms with Gasteiger partial charge in [-0.25, -0.2) is 4.79 Å². The second kappa shape index (κ2) is 4.95. The summed E-state index contributed by atoms with van der Waals surface area (Å²) in [7, 11) is 1.43. The first-order valence-electron chi connectivity index (χ1n) is 7.17. The van der Waals surface area contributed by atoms with Crippen LogP contribution in [0.2, 0.25) is 0 Å². The van der Waals surface area contributed by atoms with Crippen LogP contribution >= 0.6 is 0 Å². The largest absolute Gasteiger partial charge is 0.467 e. The third-order valence-corrected chi connectivity index (χ3v) is 3.94. The summed E-state index contributed by atoms with van der Waals surface area (Å²) in [6, 6.07) is 13.1. The predicted octanol–water partition coefficient (Wildman–Crippen LogP) is 1.84. The van der Waals surface area contributed by atoms with Crippen molar-refractivity contribution in [2.75, 3.05) is 0 Å². The zero-order valence-electron chi connectivity index (χ0n) is 12.4. The van der Waals surface area contributed by atoms with Gasteiger partial charge < -0.3 is 8.98 Å². The van der Waals surface area contributed by atoms with Crippen LogP contribution in [0.25, 0.3) is 22.3 Å². The average Bonchev–Trinajstić information content (AvgIpc) is 3.07. The summed E-state index contributed by atoms with van der Waals surface area (Å²) in [5.74, 6) is 1.09. The van der Waals surface area contributed by atoms with Gasteiger partial charge in [0.05, 0.1) is 23.9 Å². The molecule has 4 rings (SSSR count). The van der Waals surface area contributed by atoms with Gasteiger partial charge in [0, 0.05) is 7.05 Å². The number of furan rings is 1. The molecule has 23 heavy (non-hydrogen) atoms. The lowest BCUT2D eigenvalue weighted by Crippen LogP contribution is -2.36. The number of nitrogens with zero attached hydrogens (tertiary/aromatic N) is 3. The fourth-order valence-corrected chi connectivity index (χ4v) is 2.76. The molecular weight excluding hydrogens is 294 g/mol. The quantitative estimate of drug-likeness (QED) is 0.530. The molecule has 0 unspecified atom stereocenters. The van der Waals surface area contributed by atoms with Gasteiger partial charge in [-0.2, -0.15) is 4.98 Å². The van der Waals surface area contributed by atoms with E-state index in [1.807, 2.05) is 34.9 Å². The number of hydrogen-bond acceptors (Lipinski definition) is 4. The first kappa shape index (κ1) is 13.5. The summed E-state index contributed by atoms with van der Waals surface area (Å²) in [4.78, 5) is 28.5. The number of rotatable bonds is 2. The monoisotopic (exact) mass is 307 g/mol. The summed E-state index contributed by atoms with van der Waals surface area (Å²) in [5, 5.41) is 0.907. The molecule has 0 saturated heterocycles. The Balaban J connectivity index is 2.14. The number of aromatic nitrogens is 3. The molecule has 0 bridgehead atoms. The maximum atomic E-state index is 12.4. The normalized spacial score (nSPS) is 11.3. The first-order chi connectivity index (χ1) is 11.1. The molecule has 0 spiro atoms. The average molecular weight is 307 g/mol. The molecular formula is C17H13N3O3. The standard InChI is InChI=1S/C17H13N3O3/c1-19-16(21)13-9-11-5-2-3-7-14(11)20(15(13)18-17(19)22)10-12-6-4-8-23-12/h2-9H,10H2,1H3. The van der Waals surface area contributed by atoms with Crippen molar-refractivity contribution < 1.29 is 4.42 Å². The SMILES string of the molecule is Cn1c(=O)nc2n(Cc3ccco3)c3ccccc3cc-2c1=O. The van der Waals surface area contributed by atoms with Crippen molar-refractivity contribution in [3.63, 3.8) is 0 Å². The number of hydrogen-bond donors (Lipinski definition) is 0. The molecule has 1 aromatic heterocycles. The van der Waals surface area contributed by atoms with E-state index in [1.165, 1.54) is 7.05 Å². The summed E-state index contributed by atoms with van der Waals surface area (Å²) in [6.45, 7) is 0.393. The number of para-hydroxylation sites is 1. The molecule has 0 radical (unpaired) electrons. The van der Waals surface area contributed by atoms with E-state index in [-0.39, 0.29) is 5.56 Å². The minimum atomic E-state index is -0.564. The van der Waals surface area contributed by atoms with Gasteiger partial charge in [-0.3, -0.25) is 9.36 Å². The molecule has 114 valence electrons. The number of pyridine rings is 1. The molecule has 0 saturated carbocycles. The van der Waals surface area contributed by atoms with E-state index in [9.17, 15) is 9.59 Å². The van der Waals surface area contributed by atoms with E-state index in [0.29, 0.717) is 17.9 Å². The van der Waals surface area contributed by atoms with Crippen LogP contribution in [-0.4, -0.2) is 14.1 Å². The van der Waals surface area contributed by atoms with Crippen molar-refractivity contribution in [1.29, 1.82) is 0 Å². The van der Waals surface area contributed by atoms with Crippen LogP contribution in [0.15, 0.2) is 62.7 Å². The Kier molecular flexibility index (Phi) is 2.90. The molecule has 3 heterocycles. The highest BCUT2D eigenvalue weighted by Gasteiger charge is 2.19. The highest BCUT2D eigenvalue weighted by molar-refractivity contribution is 5.85. The Hall–Kier alpha value is -3.15. The molecule has 2 aromatic rings. The molecule has 0 fully saturated rings. The highest BCUT2D eigenvalue weighted by Crippen LogP contribution is 2.24. The topological polar surface area (TPSA) is 70.0 Å². The number of fused-ring (bicyclic) bond motifs is 2. The van der Waals surface area contributed by atoms with Crippen molar-refractivity contribution in [2.24, 2.45) is 7.05 Å². The maximum Gasteiger partial charge on any atom is 0.352 e. The second-order valence-corrected chi connectivity index (χ2v) is 5.36. The summed E-state index contributed by atoms with van der Waals surface area (Å²) in [6.07, 6.45) is 1.59. The Morgan fingerprint density at radius 3 is 2.74 bits per heavy atom. The van der Waals surface area contributed by atoms with Gasteiger partial charge in [-0.15, -0.1) is 0 Å². The third-order valence-electron chi connectivity index (χ3n) is 3.94. The van der Waals surface area contributed by atoms with Gasteiger partial charge in [0.2, 0.25) is 0 Å². The van der Waals surface area contributed by atoms with Crippen LogP contribution < -0.4 is 11.2 Å². The van der Waals surface area contributed by atoms with Crippen LogP contribution in [0.5, 0.6) is 0 Å². The Labute approximate surface area is 130 Å². The van der Waals surface area contributed by atoms with Crippen LogP contribution in [0.3, 0.4) is 0 Å². The van der Waals surface area contributed by atoms with Crippen LogP contribution in [0.4, 0.5) is 0 Å². The van der Waals surface area contributed by atoms with E-state index in [0.717, 1.165) is 21.2 Å². The van der Waals surface area contributed by atoms with Gasteiger partial charge in [0.15, 0.2) is 5.82 Å². The smallest absolute Gasteiger partial charge is 0.352 e. The molecule has 0 aliphatic carbocycles. The lowest BCUT2D eigenvalue weighted by Gasteiger charge is -2.17. The molecule has 0 atom stereocenters. The summed E-state index contributed by atoms with van der Waals surface area (Å²) < 4.78 is 8.27. The molecule has 0 N–H and O–H groups in total. The molecule has 6 heteroatoms. The van der Waals surface area contributed by atoms with E-state index < -0.39 is 5.69 Å². The van der Waals surface area contributed by atoms with Gasteiger partial charge in [-0.1, -0.05) is 18.2 Å². The Morgan fingerprint density at radius 2 is 1.96 bits per heavy atom. The van der Waals surface area contributed by atoms with Gasteiger partial charge in [0.1, 0.15) is 5.76 Å². The molecule has 0 amide bonds. The van der Waals surface area contributed by atoms with E-state index >= 15 is 0 Å². The minimum Gasteiger partial charge on any atom is -0.467 e. The van der Waals surface area contributed by atoms with Crippen LogP contribution in [0.1, 0.15) is 5.76 Å². The zero-order chi connectivity index (χ0) is 16.0. The summed E-state index contributed by atoms with van der Waals surface area (Å²) >= 11 is 0. The van der Waals surface area contributed by atoms with Crippen LogP contribution in [-0.2, 0) is 13.6 Å². The van der Waals surface area contributed by atoms with Gasteiger partial charge >= 0.3 is 5.69 Å². The fourth-order valence-electron chi connectivity index (χ4n) is 2.76. The van der Waals surface area contributed by atoms with Crippen molar-refractivity contribution >= 4 is 10.9 Å². The molecule has 2 aliphatic rings. The minimum absolute atomic E-state index is 0.348. The third kappa shape index (κ3) is 2.07. The van der Waals surface area contributed by atoms with Gasteiger partial charge in [0.25, 0.3) is 5.56 Å². The predicted molar refractivity (Wildman–Crippen MR) is 85.7 cm³/mol. The Bertz CT molecular complexity index is 1090. The number of benzene rings is 1. The molecule has 2 aliphatic heterocycles. The second-order valence-electron chi connectivity index (χ2n) is 5.36. The highest BCUT2D eigenvalue weighted by atomic mass is 16.3. The van der Waals surface area contributed by atoms with E-state index in [4.69, 9.17) is 4.42 Å². The van der Waals surface area contributed by atoms with Crippen molar-refractivity contribution in [3.05, 3.63) is 75.3 Å². The molecule has 6 nitrogen and oxygen atoms in total. The lowest BCUT2D eigenvalue weighted by molar-refractivity contribution is 0.495. The molecule has 1 aromatic carbocycles. The van der Waals surface area contributed by atoms with Crippen molar-refractivity contribution in [1.82, 2.24) is 14.1 Å². The van der Waals surface area contributed by atoms with E-state index in [1.54, 1.807) is 18.4 Å².